The van der Waals surface area contributed by atoms with Crippen LogP contribution in [-0.4, -0.2) is 44.2 Å². The number of carbonyl (C=O) groups excluding carboxylic acids is 1. The lowest BCUT2D eigenvalue weighted by molar-refractivity contribution is -0.126. The monoisotopic (exact) mass is 304 g/mol. The van der Waals surface area contributed by atoms with E-state index in [1.807, 2.05) is 0 Å². The molecular formula is C18H28N2O2. The Morgan fingerprint density at radius 2 is 2.05 bits per heavy atom. The molecule has 2 rings (SSSR count). The predicted molar refractivity (Wildman–Crippen MR) is 88.7 cm³/mol. The molecule has 0 aromatic heterocycles. The third-order valence-corrected chi connectivity index (χ3v) is 4.44. The van der Waals surface area contributed by atoms with E-state index in [1.165, 1.54) is 11.1 Å². The summed E-state index contributed by atoms with van der Waals surface area (Å²) >= 11 is 0. The summed E-state index contributed by atoms with van der Waals surface area (Å²) in [6.07, 6.45) is 2.80. The second kappa shape index (κ2) is 8.91. The first-order chi connectivity index (χ1) is 10.7. The van der Waals surface area contributed by atoms with Gasteiger partial charge >= 0.3 is 0 Å². The van der Waals surface area contributed by atoms with Crippen molar-refractivity contribution < 1.29 is 9.53 Å². The minimum Gasteiger partial charge on any atom is -0.385 e. The number of methoxy groups -OCH3 is 1. The molecular weight excluding hydrogens is 276 g/mol. The lowest BCUT2D eigenvalue weighted by Crippen LogP contribution is -2.40. The van der Waals surface area contributed by atoms with E-state index in [1.54, 1.807) is 7.11 Å². The maximum absolute atomic E-state index is 12.1. The van der Waals surface area contributed by atoms with Crippen molar-refractivity contribution in [1.29, 1.82) is 0 Å². The normalized spacial score (nSPS) is 16.6. The van der Waals surface area contributed by atoms with Gasteiger partial charge in [0.25, 0.3) is 0 Å². The molecule has 4 heteroatoms. The van der Waals surface area contributed by atoms with Gasteiger partial charge < -0.3 is 10.1 Å². The molecule has 0 unspecified atom stereocenters. The zero-order valence-electron chi connectivity index (χ0n) is 13.8. The van der Waals surface area contributed by atoms with Gasteiger partial charge in [-0.25, -0.2) is 0 Å². The zero-order valence-corrected chi connectivity index (χ0v) is 13.8. The number of hydrogen-bond acceptors (Lipinski definition) is 3. The Morgan fingerprint density at radius 1 is 1.32 bits per heavy atom. The molecule has 1 aliphatic heterocycles. The van der Waals surface area contributed by atoms with Crippen LogP contribution in [0.1, 0.15) is 30.4 Å². The number of nitrogens with zero attached hydrogens (tertiary/aromatic N) is 1. The SMILES string of the molecule is COCCCNC(=O)C1CCN(Cc2ccccc2C)CC1. The van der Waals surface area contributed by atoms with E-state index in [-0.39, 0.29) is 11.8 Å². The highest BCUT2D eigenvalue weighted by Crippen LogP contribution is 2.20. The van der Waals surface area contributed by atoms with E-state index in [2.05, 4.69) is 41.4 Å². The van der Waals surface area contributed by atoms with Gasteiger partial charge in [-0.1, -0.05) is 24.3 Å². The van der Waals surface area contributed by atoms with Gasteiger partial charge in [0.05, 0.1) is 0 Å². The smallest absolute Gasteiger partial charge is 0.223 e. The third-order valence-electron chi connectivity index (χ3n) is 4.44. The maximum atomic E-state index is 12.1. The number of rotatable bonds is 7. The number of nitrogens with one attached hydrogen (secondary N) is 1. The predicted octanol–water partition coefficient (Wildman–Crippen LogP) is 2.36. The fourth-order valence-electron chi connectivity index (χ4n) is 2.95. The fraction of sp³-hybridized carbons (Fsp3) is 0.611. The summed E-state index contributed by atoms with van der Waals surface area (Å²) in [6.45, 7) is 6.59. The minimum atomic E-state index is 0.177. The van der Waals surface area contributed by atoms with Crippen molar-refractivity contribution >= 4 is 5.91 Å². The van der Waals surface area contributed by atoms with Gasteiger partial charge in [0, 0.05) is 32.7 Å². The molecule has 1 N–H and O–H groups in total. The van der Waals surface area contributed by atoms with E-state index < -0.39 is 0 Å². The van der Waals surface area contributed by atoms with Crippen LogP contribution in [0.5, 0.6) is 0 Å². The standard InChI is InChI=1S/C18H28N2O2/c1-15-6-3-4-7-17(15)14-20-11-8-16(9-12-20)18(21)19-10-5-13-22-2/h3-4,6-7,16H,5,8-14H2,1-2H3,(H,19,21). The second-order valence-electron chi connectivity index (χ2n) is 6.11. The van der Waals surface area contributed by atoms with Crippen molar-refractivity contribution in [1.82, 2.24) is 10.2 Å². The van der Waals surface area contributed by atoms with Crippen molar-refractivity contribution in [2.75, 3.05) is 33.4 Å². The molecule has 122 valence electrons. The number of ether oxygens (including phenoxy) is 1. The Balaban J connectivity index is 1.71. The van der Waals surface area contributed by atoms with Crippen LogP contribution in [0.2, 0.25) is 0 Å². The molecule has 0 atom stereocenters. The van der Waals surface area contributed by atoms with Crippen LogP contribution in [0, 0.1) is 12.8 Å². The third kappa shape index (κ3) is 5.11. The van der Waals surface area contributed by atoms with Gasteiger partial charge in [-0.2, -0.15) is 0 Å². The summed E-state index contributed by atoms with van der Waals surface area (Å²) in [5.41, 5.74) is 2.74. The molecule has 0 radical (unpaired) electrons. The molecule has 1 saturated heterocycles. The topological polar surface area (TPSA) is 41.6 Å². The van der Waals surface area contributed by atoms with Crippen LogP contribution < -0.4 is 5.32 Å². The number of benzene rings is 1. The summed E-state index contributed by atoms with van der Waals surface area (Å²) < 4.78 is 4.99. The minimum absolute atomic E-state index is 0.177. The average molecular weight is 304 g/mol. The lowest BCUT2D eigenvalue weighted by atomic mass is 9.95. The van der Waals surface area contributed by atoms with Crippen LogP contribution in [0.3, 0.4) is 0 Å². The van der Waals surface area contributed by atoms with Crippen LogP contribution in [0.4, 0.5) is 0 Å². The van der Waals surface area contributed by atoms with Crippen molar-refractivity contribution in [3.05, 3.63) is 35.4 Å². The molecule has 1 amide bonds. The van der Waals surface area contributed by atoms with E-state index in [9.17, 15) is 4.79 Å². The Morgan fingerprint density at radius 3 is 2.73 bits per heavy atom. The number of piperidine rings is 1. The number of aryl methyl sites for hydroxylation is 1. The molecule has 22 heavy (non-hydrogen) atoms. The first-order valence-corrected chi connectivity index (χ1v) is 8.24. The van der Waals surface area contributed by atoms with Gasteiger partial charge in [-0.05, 0) is 50.4 Å². The Hall–Kier alpha value is -1.39. The van der Waals surface area contributed by atoms with E-state index in [4.69, 9.17) is 4.74 Å². The van der Waals surface area contributed by atoms with E-state index in [0.717, 1.165) is 45.4 Å². The molecule has 1 aromatic carbocycles. The van der Waals surface area contributed by atoms with Crippen LogP contribution in [0.25, 0.3) is 0 Å². The van der Waals surface area contributed by atoms with Gasteiger partial charge in [-0.15, -0.1) is 0 Å². The highest BCUT2D eigenvalue weighted by molar-refractivity contribution is 5.78. The highest BCUT2D eigenvalue weighted by atomic mass is 16.5. The van der Waals surface area contributed by atoms with Gasteiger partial charge in [-0.3, -0.25) is 9.69 Å². The van der Waals surface area contributed by atoms with Gasteiger partial charge in [0.15, 0.2) is 0 Å². The van der Waals surface area contributed by atoms with Crippen molar-refractivity contribution in [2.24, 2.45) is 5.92 Å². The average Bonchev–Trinajstić information content (AvgIpc) is 2.54. The van der Waals surface area contributed by atoms with Crippen molar-refractivity contribution in [3.8, 4) is 0 Å². The highest BCUT2D eigenvalue weighted by Gasteiger charge is 2.24. The van der Waals surface area contributed by atoms with E-state index >= 15 is 0 Å². The lowest BCUT2D eigenvalue weighted by Gasteiger charge is -2.31. The summed E-state index contributed by atoms with van der Waals surface area (Å²) in [6, 6.07) is 8.54. The number of amides is 1. The fourth-order valence-corrected chi connectivity index (χ4v) is 2.95. The summed E-state index contributed by atoms with van der Waals surface area (Å²) in [5.74, 6) is 0.391. The Kier molecular flexibility index (Phi) is 6.87. The molecule has 0 bridgehead atoms. The maximum Gasteiger partial charge on any atom is 0.223 e. The molecule has 0 spiro atoms. The summed E-state index contributed by atoms with van der Waals surface area (Å²) in [7, 11) is 1.69. The number of likely N-dealkylation sites (tertiary alicyclic amines) is 1. The summed E-state index contributed by atoms with van der Waals surface area (Å²) in [5, 5.41) is 3.02. The van der Waals surface area contributed by atoms with Gasteiger partial charge in [0.2, 0.25) is 5.91 Å². The number of carbonyl (C=O) groups is 1. The quantitative estimate of drug-likeness (QED) is 0.786. The van der Waals surface area contributed by atoms with Gasteiger partial charge in [0.1, 0.15) is 0 Å². The molecule has 4 nitrogen and oxygen atoms in total. The Bertz CT molecular complexity index is 468. The van der Waals surface area contributed by atoms with Crippen LogP contribution >= 0.6 is 0 Å². The van der Waals surface area contributed by atoms with Crippen molar-refractivity contribution in [3.63, 3.8) is 0 Å². The first kappa shape index (κ1) is 17.0. The first-order valence-electron chi connectivity index (χ1n) is 8.24. The molecule has 1 aromatic rings. The van der Waals surface area contributed by atoms with Crippen LogP contribution in [-0.2, 0) is 16.1 Å². The molecule has 1 fully saturated rings. The Labute approximate surface area is 133 Å². The van der Waals surface area contributed by atoms with E-state index in [0.29, 0.717) is 6.61 Å². The number of hydrogen-bond donors (Lipinski definition) is 1. The van der Waals surface area contributed by atoms with Crippen LogP contribution in [0.15, 0.2) is 24.3 Å². The van der Waals surface area contributed by atoms with Crippen molar-refractivity contribution in [2.45, 2.75) is 32.7 Å². The largest absolute Gasteiger partial charge is 0.385 e. The summed E-state index contributed by atoms with van der Waals surface area (Å²) in [4.78, 5) is 14.6. The molecule has 1 heterocycles. The second-order valence-corrected chi connectivity index (χ2v) is 6.11. The zero-order chi connectivity index (χ0) is 15.8. The molecule has 1 aliphatic rings. The molecule has 0 saturated carbocycles. The molecule has 0 aliphatic carbocycles.